The number of nitrogens with one attached hydrogen (secondary N) is 1. The highest BCUT2D eigenvalue weighted by Gasteiger charge is 2.52. The van der Waals surface area contributed by atoms with Crippen molar-refractivity contribution in [3.8, 4) is 11.5 Å². The molecule has 1 heterocycles. The Bertz CT molecular complexity index is 1290. The van der Waals surface area contributed by atoms with Crippen molar-refractivity contribution in [2.75, 3.05) is 12.4 Å². The number of amides is 2. The van der Waals surface area contributed by atoms with Gasteiger partial charge in [0, 0.05) is 17.9 Å². The lowest BCUT2D eigenvalue weighted by Crippen LogP contribution is -2.63. The van der Waals surface area contributed by atoms with E-state index in [1.54, 1.807) is 31.4 Å². The van der Waals surface area contributed by atoms with Gasteiger partial charge in [-0.3, -0.25) is 9.59 Å². The van der Waals surface area contributed by atoms with Gasteiger partial charge in [-0.15, -0.1) is 0 Å². The van der Waals surface area contributed by atoms with Gasteiger partial charge in [-0.05, 0) is 54.8 Å². The average molecular weight is 519 g/mol. The zero-order chi connectivity index (χ0) is 26.0. The lowest BCUT2D eigenvalue weighted by molar-refractivity contribution is -0.157. The minimum absolute atomic E-state index is 0.274. The molecule has 1 saturated carbocycles. The molecule has 192 valence electrons. The number of fused-ring (bicyclic) bond motifs is 1. The Kier molecular flexibility index (Phi) is 7.11. The second-order valence-corrected chi connectivity index (χ2v) is 10.2. The molecule has 0 radical (unpaired) electrons. The molecule has 1 N–H and O–H groups in total. The fourth-order valence-electron chi connectivity index (χ4n) is 5.46. The fraction of sp³-hybridized carbons (Fsp3) is 0.333. The van der Waals surface area contributed by atoms with Crippen molar-refractivity contribution in [2.24, 2.45) is 5.92 Å². The third-order valence-corrected chi connectivity index (χ3v) is 7.67. The summed E-state index contributed by atoms with van der Waals surface area (Å²) in [5.41, 5.74) is 1.08. The van der Waals surface area contributed by atoms with E-state index in [1.165, 1.54) is 4.90 Å². The Morgan fingerprint density at radius 1 is 1.00 bits per heavy atom. The van der Waals surface area contributed by atoms with Gasteiger partial charge in [0.05, 0.1) is 30.3 Å². The lowest BCUT2D eigenvalue weighted by atomic mass is 9.85. The van der Waals surface area contributed by atoms with Gasteiger partial charge in [-0.25, -0.2) is 4.90 Å². The number of imide groups is 1. The average Bonchev–Trinajstić information content (AvgIpc) is 2.92. The molecular formula is C30H31ClN2O4. The molecule has 2 aliphatic rings. The van der Waals surface area contributed by atoms with Gasteiger partial charge in [0.1, 0.15) is 11.5 Å². The van der Waals surface area contributed by atoms with E-state index in [9.17, 15) is 9.59 Å². The Balaban J connectivity index is 1.55. The summed E-state index contributed by atoms with van der Waals surface area (Å²) in [4.78, 5) is 29.6. The van der Waals surface area contributed by atoms with E-state index >= 15 is 0 Å². The summed E-state index contributed by atoms with van der Waals surface area (Å²) in [6.07, 6.45) is 4.09. The fourth-order valence-corrected chi connectivity index (χ4v) is 5.59. The second kappa shape index (κ2) is 10.5. The van der Waals surface area contributed by atoms with Crippen LogP contribution in [0.3, 0.4) is 0 Å². The number of carbonyl (C=O) groups is 2. The van der Waals surface area contributed by atoms with Crippen LogP contribution in [-0.4, -0.2) is 29.5 Å². The number of hydrogen-bond donors (Lipinski definition) is 1. The molecule has 0 saturated heterocycles. The number of ether oxygens (including phenoxy) is 2. The summed E-state index contributed by atoms with van der Waals surface area (Å²) in [6.45, 7) is 1.86. The number of anilines is 1. The summed E-state index contributed by atoms with van der Waals surface area (Å²) in [7, 11) is 1.61. The number of hydrogen-bond acceptors (Lipinski definition) is 5. The van der Waals surface area contributed by atoms with Crippen LogP contribution in [0.2, 0.25) is 5.02 Å². The van der Waals surface area contributed by atoms with Gasteiger partial charge in [0.15, 0.2) is 5.72 Å². The largest absolute Gasteiger partial charge is 0.495 e. The normalized spacial score (nSPS) is 17.9. The van der Waals surface area contributed by atoms with Crippen molar-refractivity contribution in [3.05, 3.63) is 88.9 Å². The van der Waals surface area contributed by atoms with Gasteiger partial charge >= 0.3 is 0 Å². The van der Waals surface area contributed by atoms with E-state index in [0.717, 1.165) is 30.5 Å². The number of methoxy groups -OCH3 is 1. The first kappa shape index (κ1) is 25.2. The van der Waals surface area contributed by atoms with Crippen LogP contribution in [0.5, 0.6) is 11.5 Å². The predicted molar refractivity (Wildman–Crippen MR) is 144 cm³/mol. The molecule has 6 nitrogen and oxygen atoms in total. The third kappa shape index (κ3) is 4.78. The summed E-state index contributed by atoms with van der Waals surface area (Å²) < 4.78 is 12.0. The Morgan fingerprint density at radius 2 is 1.68 bits per heavy atom. The first-order valence-electron chi connectivity index (χ1n) is 12.7. The molecule has 5 rings (SSSR count). The van der Waals surface area contributed by atoms with Crippen molar-refractivity contribution < 1.29 is 19.1 Å². The van der Waals surface area contributed by atoms with Crippen molar-refractivity contribution in [1.82, 2.24) is 4.90 Å². The van der Waals surface area contributed by atoms with Crippen molar-refractivity contribution >= 4 is 29.1 Å². The zero-order valence-corrected chi connectivity index (χ0v) is 21.8. The maximum Gasteiger partial charge on any atom is 0.267 e. The van der Waals surface area contributed by atoms with Crippen LogP contribution in [0.1, 0.15) is 61.0 Å². The van der Waals surface area contributed by atoms with E-state index in [0.29, 0.717) is 34.9 Å². The third-order valence-electron chi connectivity index (χ3n) is 7.42. The molecule has 3 aromatic carbocycles. The highest BCUT2D eigenvalue weighted by atomic mass is 35.5. The molecule has 1 spiro atoms. The van der Waals surface area contributed by atoms with Crippen LogP contribution in [0.15, 0.2) is 72.8 Å². The minimum atomic E-state index is -0.968. The van der Waals surface area contributed by atoms with Crippen LogP contribution in [-0.2, 0) is 4.79 Å². The van der Waals surface area contributed by atoms with E-state index in [1.807, 2.05) is 55.5 Å². The lowest BCUT2D eigenvalue weighted by Gasteiger charge is -2.49. The molecule has 0 unspecified atom stereocenters. The molecule has 37 heavy (non-hydrogen) atoms. The first-order chi connectivity index (χ1) is 17.9. The van der Waals surface area contributed by atoms with Gasteiger partial charge < -0.3 is 14.8 Å². The Hall–Kier alpha value is -3.51. The van der Waals surface area contributed by atoms with Crippen LogP contribution in [0.25, 0.3) is 0 Å². The maximum atomic E-state index is 14.3. The number of carbonyl (C=O) groups excluding carboxylic acids is 2. The van der Waals surface area contributed by atoms with Crippen molar-refractivity contribution in [2.45, 2.75) is 50.8 Å². The smallest absolute Gasteiger partial charge is 0.267 e. The predicted octanol–water partition coefficient (Wildman–Crippen LogP) is 6.86. The number of halogens is 1. The topological polar surface area (TPSA) is 67.9 Å². The standard InChI is InChI=1S/C30H31ClN2O4/c1-20(27(21-14-16-22(31)17-15-21)32-24-11-5-7-13-26(24)36-2)28(34)33-29(35)23-10-4-6-12-25(23)37-30(33)18-8-3-9-19-30/h4-7,10-17,20,27,32H,3,8-9,18-19H2,1-2H3/t20-,27+/m0/s1. The van der Waals surface area contributed by atoms with E-state index in [4.69, 9.17) is 21.1 Å². The molecule has 0 aromatic heterocycles. The summed E-state index contributed by atoms with van der Waals surface area (Å²) >= 11 is 6.18. The molecule has 1 aliphatic carbocycles. The molecule has 0 bridgehead atoms. The Labute approximate surface area is 222 Å². The van der Waals surface area contributed by atoms with E-state index in [2.05, 4.69) is 5.32 Å². The first-order valence-corrected chi connectivity index (χ1v) is 13.1. The van der Waals surface area contributed by atoms with E-state index in [-0.39, 0.29) is 11.8 Å². The minimum Gasteiger partial charge on any atom is -0.495 e. The second-order valence-electron chi connectivity index (χ2n) is 9.75. The van der Waals surface area contributed by atoms with Gasteiger partial charge in [-0.1, -0.05) is 61.3 Å². The van der Waals surface area contributed by atoms with Crippen molar-refractivity contribution in [3.63, 3.8) is 0 Å². The van der Waals surface area contributed by atoms with Crippen LogP contribution < -0.4 is 14.8 Å². The van der Waals surface area contributed by atoms with Gasteiger partial charge in [0.25, 0.3) is 5.91 Å². The number of benzene rings is 3. The highest BCUT2D eigenvalue weighted by molar-refractivity contribution is 6.30. The monoisotopic (exact) mass is 518 g/mol. The highest BCUT2D eigenvalue weighted by Crippen LogP contribution is 2.44. The van der Waals surface area contributed by atoms with E-state index < -0.39 is 17.7 Å². The summed E-state index contributed by atoms with van der Waals surface area (Å²) in [6, 6.07) is 21.7. The molecule has 7 heteroatoms. The zero-order valence-electron chi connectivity index (χ0n) is 21.1. The number of nitrogens with zero attached hydrogens (tertiary/aromatic N) is 1. The quantitative estimate of drug-likeness (QED) is 0.386. The van der Waals surface area contributed by atoms with Crippen LogP contribution in [0, 0.1) is 5.92 Å². The maximum absolute atomic E-state index is 14.3. The molecular weight excluding hydrogens is 488 g/mol. The summed E-state index contributed by atoms with van der Waals surface area (Å²) in [5.74, 6) is 0.0304. The van der Waals surface area contributed by atoms with Gasteiger partial charge in [0.2, 0.25) is 5.91 Å². The summed E-state index contributed by atoms with van der Waals surface area (Å²) in [5, 5.41) is 4.12. The van der Waals surface area contributed by atoms with Crippen LogP contribution in [0.4, 0.5) is 5.69 Å². The molecule has 2 amide bonds. The molecule has 2 atom stereocenters. The SMILES string of the molecule is COc1ccccc1N[C@@H](c1ccc(Cl)cc1)[C@H](C)C(=O)N1C(=O)c2ccccc2OC12CCCCC2. The number of rotatable bonds is 6. The molecule has 1 aliphatic heterocycles. The van der Waals surface area contributed by atoms with Crippen LogP contribution >= 0.6 is 11.6 Å². The van der Waals surface area contributed by atoms with Crippen molar-refractivity contribution in [1.29, 1.82) is 0 Å². The molecule has 3 aromatic rings. The Morgan fingerprint density at radius 3 is 2.41 bits per heavy atom. The molecule has 1 fully saturated rings. The van der Waals surface area contributed by atoms with Gasteiger partial charge in [-0.2, -0.15) is 0 Å². The number of para-hydroxylation sites is 3.